The number of aliphatic hydroxyl groups is 1. The van der Waals surface area contributed by atoms with E-state index in [0.29, 0.717) is 29.3 Å². The maximum Gasteiger partial charge on any atom is 0.261 e. The first-order valence-electron chi connectivity index (χ1n) is 15.5. The monoisotopic (exact) mass is 594 g/mol. The Hall–Kier alpha value is -2.15. The number of ether oxygens (including phenoxy) is 1. The van der Waals surface area contributed by atoms with Crippen molar-refractivity contribution in [2.24, 2.45) is 17.8 Å². The predicted octanol–water partition coefficient (Wildman–Crippen LogP) is 7.34. The normalized spacial score (nSPS) is 32.5. The molecule has 4 aliphatic rings. The van der Waals surface area contributed by atoms with Gasteiger partial charge in [0.15, 0.2) is 0 Å². The van der Waals surface area contributed by atoms with Crippen LogP contribution in [-0.4, -0.2) is 42.1 Å². The summed E-state index contributed by atoms with van der Waals surface area (Å²) in [5, 5.41) is 12.3. The van der Waals surface area contributed by atoms with Crippen LogP contribution in [0.1, 0.15) is 80.3 Å². The maximum atomic E-state index is 13.4. The Balaban J connectivity index is 1.38. The molecule has 2 aliphatic carbocycles. The molecule has 220 valence electrons. The number of aliphatic hydroxyl groups excluding tert-OH is 1. The highest BCUT2D eigenvalue weighted by atomic mass is 35.5. The molecule has 1 saturated carbocycles. The van der Waals surface area contributed by atoms with E-state index in [1.165, 1.54) is 11.1 Å². The summed E-state index contributed by atoms with van der Waals surface area (Å²) in [5.74, 6) is 1.82. The Kier molecular flexibility index (Phi) is 8.63. The number of halogens is 1. The lowest BCUT2D eigenvalue weighted by atomic mass is 9.68. The molecule has 5 nitrogen and oxygen atoms in total. The van der Waals surface area contributed by atoms with Gasteiger partial charge in [0.1, 0.15) is 5.75 Å². The molecule has 2 N–H and O–H groups in total. The standard InChI is InChI=1S/C34H43ClN2O3S/c1-3-6-32-22(2)7-4-9-30(38)27-13-10-25(27)19-37-20-34(16-5-8-23-17-26(35)12-14-28(23)34)21-40-31-15-11-24(18-29(31)37)33(39)36-41-32/h4,9,11-12,14-15,17-18,22,25,27,30,32,38H,3,5-8,10,13,16,19-21H2,1-2H3,(H,36,39)/b9-4-/t22-,25+,27-,30+,32-,34+/m1/s1. The molecule has 2 bridgehead atoms. The largest absolute Gasteiger partial charge is 0.490 e. The Bertz CT molecular complexity index is 1300. The van der Waals surface area contributed by atoms with Crippen molar-refractivity contribution in [2.75, 3.05) is 24.6 Å². The van der Waals surface area contributed by atoms with Crippen molar-refractivity contribution in [1.29, 1.82) is 0 Å². The Morgan fingerprint density at radius 3 is 2.90 bits per heavy atom. The van der Waals surface area contributed by atoms with Gasteiger partial charge in [-0.1, -0.05) is 50.1 Å². The molecular weight excluding hydrogens is 552 g/mol. The third-order valence-electron chi connectivity index (χ3n) is 10.0. The first kappa shape index (κ1) is 28.9. The molecule has 6 rings (SSSR count). The zero-order valence-corrected chi connectivity index (χ0v) is 25.9. The number of carbonyl (C=O) groups is 1. The van der Waals surface area contributed by atoms with Crippen LogP contribution in [0.25, 0.3) is 0 Å². The number of amides is 1. The number of benzene rings is 2. The fraction of sp³-hybridized carbons (Fsp3) is 0.559. The molecule has 1 spiro atoms. The van der Waals surface area contributed by atoms with E-state index < -0.39 is 6.10 Å². The number of anilines is 1. The van der Waals surface area contributed by atoms with Crippen LogP contribution in [0.3, 0.4) is 0 Å². The highest BCUT2D eigenvalue weighted by Crippen LogP contribution is 2.47. The molecule has 0 aromatic heterocycles. The quantitative estimate of drug-likeness (QED) is 0.281. The van der Waals surface area contributed by atoms with Crippen molar-refractivity contribution in [3.05, 3.63) is 70.3 Å². The molecule has 1 amide bonds. The van der Waals surface area contributed by atoms with Crippen LogP contribution in [0.15, 0.2) is 48.6 Å². The van der Waals surface area contributed by atoms with Crippen LogP contribution in [-0.2, 0) is 11.8 Å². The molecule has 1 fully saturated rings. The van der Waals surface area contributed by atoms with E-state index in [2.05, 4.69) is 41.7 Å². The predicted molar refractivity (Wildman–Crippen MR) is 169 cm³/mol. The summed E-state index contributed by atoms with van der Waals surface area (Å²) >= 11 is 7.97. The van der Waals surface area contributed by atoms with Crippen LogP contribution < -0.4 is 14.4 Å². The summed E-state index contributed by atoms with van der Waals surface area (Å²) < 4.78 is 9.79. The van der Waals surface area contributed by atoms with Crippen molar-refractivity contribution in [3.63, 3.8) is 0 Å². The number of rotatable bonds is 2. The van der Waals surface area contributed by atoms with E-state index in [4.69, 9.17) is 16.3 Å². The van der Waals surface area contributed by atoms with Gasteiger partial charge in [-0.05, 0) is 116 Å². The molecule has 2 aromatic carbocycles. The van der Waals surface area contributed by atoms with Gasteiger partial charge < -0.3 is 14.7 Å². The highest BCUT2D eigenvalue weighted by Gasteiger charge is 2.44. The second kappa shape index (κ2) is 12.2. The lowest BCUT2D eigenvalue weighted by molar-refractivity contribution is 0.0455. The summed E-state index contributed by atoms with van der Waals surface area (Å²) in [6.07, 6.45) is 12.1. The number of hydrogen-bond donors (Lipinski definition) is 2. The molecule has 2 aliphatic heterocycles. The summed E-state index contributed by atoms with van der Waals surface area (Å²) in [4.78, 5) is 15.9. The van der Waals surface area contributed by atoms with Gasteiger partial charge in [-0.2, -0.15) is 0 Å². The molecule has 2 heterocycles. The minimum atomic E-state index is -0.425. The average Bonchev–Trinajstić information content (AvgIpc) is 3.09. The van der Waals surface area contributed by atoms with Gasteiger partial charge in [-0.15, -0.1) is 0 Å². The Labute approximate surface area is 254 Å². The van der Waals surface area contributed by atoms with Gasteiger partial charge in [-0.3, -0.25) is 9.52 Å². The second-order valence-electron chi connectivity index (χ2n) is 12.8. The SMILES string of the molecule is CCC[C@H]1SNC(=O)c2ccc3c(c2)N(C[C@@H]2CC[C@H]2[C@@H](O)/C=C\C[C@H]1C)C[C@@]1(CCCc2cc(Cl)ccc21)CO3. The van der Waals surface area contributed by atoms with Gasteiger partial charge in [0.2, 0.25) is 0 Å². The molecule has 0 unspecified atom stereocenters. The van der Waals surface area contributed by atoms with Crippen molar-refractivity contribution in [2.45, 2.75) is 82.0 Å². The fourth-order valence-electron chi connectivity index (χ4n) is 7.47. The highest BCUT2D eigenvalue weighted by molar-refractivity contribution is 7.98. The molecule has 0 saturated heterocycles. The van der Waals surface area contributed by atoms with E-state index in [0.717, 1.165) is 80.9 Å². The summed E-state index contributed by atoms with van der Waals surface area (Å²) in [6, 6.07) is 12.3. The number of fused-ring (bicyclic) bond motifs is 4. The lowest BCUT2D eigenvalue weighted by Gasteiger charge is -2.45. The van der Waals surface area contributed by atoms with Crippen molar-refractivity contribution in [3.8, 4) is 5.75 Å². The molecular formula is C34H43ClN2O3S. The summed E-state index contributed by atoms with van der Waals surface area (Å²) in [5.41, 5.74) is 4.16. The van der Waals surface area contributed by atoms with Crippen LogP contribution in [0.4, 0.5) is 5.69 Å². The summed E-state index contributed by atoms with van der Waals surface area (Å²) in [7, 11) is 0. The fourth-order valence-corrected chi connectivity index (χ4v) is 8.74. The maximum absolute atomic E-state index is 13.4. The zero-order chi connectivity index (χ0) is 28.6. The van der Waals surface area contributed by atoms with E-state index >= 15 is 0 Å². The lowest BCUT2D eigenvalue weighted by Crippen LogP contribution is -2.49. The van der Waals surface area contributed by atoms with Crippen molar-refractivity contribution in [1.82, 2.24) is 4.72 Å². The molecule has 6 atom stereocenters. The number of nitrogens with one attached hydrogen (secondary N) is 1. The van der Waals surface area contributed by atoms with E-state index in [9.17, 15) is 9.90 Å². The van der Waals surface area contributed by atoms with Crippen LogP contribution in [0.2, 0.25) is 5.02 Å². The third-order valence-corrected chi connectivity index (χ3v) is 11.6. The number of hydrogen-bond acceptors (Lipinski definition) is 5. The number of nitrogens with zero attached hydrogens (tertiary/aromatic N) is 1. The van der Waals surface area contributed by atoms with Crippen molar-refractivity contribution >= 4 is 35.1 Å². The first-order chi connectivity index (χ1) is 19.9. The molecule has 2 aromatic rings. The Morgan fingerprint density at radius 2 is 2.10 bits per heavy atom. The number of carbonyl (C=O) groups excluding carboxylic acids is 1. The summed E-state index contributed by atoms with van der Waals surface area (Å²) in [6.45, 7) is 6.70. The minimum absolute atomic E-state index is 0.0535. The second-order valence-corrected chi connectivity index (χ2v) is 14.3. The smallest absolute Gasteiger partial charge is 0.261 e. The van der Waals surface area contributed by atoms with Crippen LogP contribution in [0, 0.1) is 17.8 Å². The number of aryl methyl sites for hydroxylation is 1. The number of allylic oxidation sites excluding steroid dienone is 1. The topological polar surface area (TPSA) is 61.8 Å². The van der Waals surface area contributed by atoms with Crippen LogP contribution >= 0.6 is 23.5 Å². The van der Waals surface area contributed by atoms with Gasteiger partial charge in [0.25, 0.3) is 5.91 Å². The minimum Gasteiger partial charge on any atom is -0.490 e. The average molecular weight is 595 g/mol. The van der Waals surface area contributed by atoms with Gasteiger partial charge in [0.05, 0.1) is 18.4 Å². The Morgan fingerprint density at radius 1 is 1.22 bits per heavy atom. The van der Waals surface area contributed by atoms with E-state index in [1.807, 2.05) is 30.3 Å². The van der Waals surface area contributed by atoms with E-state index in [1.54, 1.807) is 11.9 Å². The van der Waals surface area contributed by atoms with Crippen molar-refractivity contribution < 1.29 is 14.6 Å². The van der Waals surface area contributed by atoms with Gasteiger partial charge in [-0.25, -0.2) is 0 Å². The molecule has 0 radical (unpaired) electrons. The third kappa shape index (κ3) is 5.89. The van der Waals surface area contributed by atoms with Gasteiger partial charge in [0, 0.05) is 34.3 Å². The van der Waals surface area contributed by atoms with Crippen LogP contribution in [0.5, 0.6) is 5.75 Å². The van der Waals surface area contributed by atoms with Gasteiger partial charge >= 0.3 is 0 Å². The molecule has 41 heavy (non-hydrogen) atoms. The first-order valence-corrected chi connectivity index (χ1v) is 16.7. The zero-order valence-electron chi connectivity index (χ0n) is 24.3. The van der Waals surface area contributed by atoms with E-state index in [-0.39, 0.29) is 17.2 Å². The molecule has 7 heteroatoms.